The van der Waals surface area contributed by atoms with Crippen molar-refractivity contribution in [3.05, 3.63) is 100 Å². The lowest BCUT2D eigenvalue weighted by Crippen LogP contribution is -2.29. The van der Waals surface area contributed by atoms with Gasteiger partial charge in [-0.3, -0.25) is 14.5 Å². The van der Waals surface area contributed by atoms with Crippen molar-refractivity contribution in [1.29, 1.82) is 0 Å². The van der Waals surface area contributed by atoms with Gasteiger partial charge >= 0.3 is 11.9 Å². The summed E-state index contributed by atoms with van der Waals surface area (Å²) in [6, 6.07) is 8.71. The first-order valence-electron chi connectivity index (χ1n) is 10.3. The first kappa shape index (κ1) is 24.0. The van der Waals surface area contributed by atoms with E-state index in [-0.39, 0.29) is 33.4 Å². The maximum atomic E-state index is 14.9. The average molecular weight is 496 g/mol. The maximum Gasteiger partial charge on any atom is 0.350 e. The molecule has 1 aliphatic rings. The molecule has 10 heteroatoms. The van der Waals surface area contributed by atoms with E-state index in [2.05, 4.69) is 11.6 Å². The van der Waals surface area contributed by atoms with Gasteiger partial charge in [-0.05, 0) is 37.3 Å². The van der Waals surface area contributed by atoms with Crippen LogP contribution in [-0.4, -0.2) is 34.4 Å². The molecule has 1 aliphatic heterocycles. The van der Waals surface area contributed by atoms with E-state index in [0.29, 0.717) is 0 Å². The van der Waals surface area contributed by atoms with Crippen molar-refractivity contribution < 1.29 is 33.0 Å². The fraction of sp³-hybridized carbons (Fsp3) is 0.120. The largest absolute Gasteiger partial charge is 0.507 e. The lowest BCUT2D eigenvalue weighted by Gasteiger charge is -2.23. The molecule has 7 nitrogen and oxygen atoms in total. The molecular formula is C25H18F2N2O5S. The molecule has 3 aromatic rings. The van der Waals surface area contributed by atoms with Gasteiger partial charge in [0.05, 0.1) is 11.3 Å². The fourth-order valence-electron chi connectivity index (χ4n) is 3.66. The number of nitrogens with zero attached hydrogens (tertiary/aromatic N) is 2. The molecule has 0 aliphatic carbocycles. The number of ether oxygens (including phenoxy) is 1. The molecule has 0 spiro atoms. The first-order chi connectivity index (χ1) is 16.7. The minimum atomic E-state index is -1.39. The van der Waals surface area contributed by atoms with Crippen LogP contribution in [0.3, 0.4) is 0 Å². The topological polar surface area (TPSA) is 96.8 Å². The summed E-state index contributed by atoms with van der Waals surface area (Å²) in [6.07, 6.45) is 1.39. The highest BCUT2D eigenvalue weighted by Crippen LogP contribution is 2.44. The van der Waals surface area contributed by atoms with Crippen LogP contribution in [0, 0.1) is 18.6 Å². The van der Waals surface area contributed by atoms with Crippen LogP contribution in [0.4, 0.5) is 13.9 Å². The average Bonchev–Trinajstić information content (AvgIpc) is 3.34. The first-order valence-corrected chi connectivity index (χ1v) is 11.1. The molecule has 1 atom stereocenters. The molecule has 1 fully saturated rings. The van der Waals surface area contributed by atoms with Gasteiger partial charge < -0.3 is 9.84 Å². The lowest BCUT2D eigenvalue weighted by atomic mass is 9.95. The number of hydrogen-bond acceptors (Lipinski definition) is 7. The molecule has 4 rings (SSSR count). The third-order valence-corrected chi connectivity index (χ3v) is 6.41. The second-order valence-corrected chi connectivity index (χ2v) is 8.47. The van der Waals surface area contributed by atoms with Gasteiger partial charge in [0, 0.05) is 11.1 Å². The minimum Gasteiger partial charge on any atom is -0.507 e. The third kappa shape index (κ3) is 4.35. The number of Topliss-reactive ketones (excluding diaryl/α,β-unsaturated/α-hetero) is 1. The highest BCUT2D eigenvalue weighted by Gasteiger charge is 2.49. The third-order valence-electron chi connectivity index (χ3n) is 5.27. The number of halogens is 2. The molecule has 1 unspecified atom stereocenters. The van der Waals surface area contributed by atoms with Crippen molar-refractivity contribution in [3.8, 4) is 0 Å². The van der Waals surface area contributed by atoms with Crippen LogP contribution in [0.1, 0.15) is 32.5 Å². The van der Waals surface area contributed by atoms with Gasteiger partial charge in [-0.15, -0.1) is 0 Å². The molecule has 0 radical (unpaired) electrons. The van der Waals surface area contributed by atoms with Gasteiger partial charge in [0.2, 0.25) is 0 Å². The van der Waals surface area contributed by atoms with E-state index in [1.807, 2.05) is 0 Å². The van der Waals surface area contributed by atoms with E-state index in [1.165, 1.54) is 43.3 Å². The minimum absolute atomic E-state index is 0.0388. The number of aliphatic hydroxyl groups is 1. The van der Waals surface area contributed by atoms with Crippen molar-refractivity contribution in [2.75, 3.05) is 11.5 Å². The monoisotopic (exact) mass is 496 g/mol. The molecular weight excluding hydrogens is 478 g/mol. The Labute approximate surface area is 202 Å². The highest BCUT2D eigenvalue weighted by molar-refractivity contribution is 7.17. The van der Waals surface area contributed by atoms with Gasteiger partial charge in [0.1, 0.15) is 34.9 Å². The van der Waals surface area contributed by atoms with Gasteiger partial charge in [0.25, 0.3) is 5.78 Å². The van der Waals surface area contributed by atoms with E-state index < -0.39 is 46.7 Å². The summed E-state index contributed by atoms with van der Waals surface area (Å²) < 4.78 is 33.4. The summed E-state index contributed by atoms with van der Waals surface area (Å²) in [5, 5.41) is 10.9. The van der Waals surface area contributed by atoms with Crippen molar-refractivity contribution in [2.45, 2.75) is 13.0 Å². The van der Waals surface area contributed by atoms with Gasteiger partial charge in [-0.25, -0.2) is 18.6 Å². The van der Waals surface area contributed by atoms with E-state index in [0.717, 1.165) is 34.4 Å². The summed E-state index contributed by atoms with van der Waals surface area (Å²) >= 11 is 0.794. The number of hydrogen-bond donors (Lipinski definition) is 1. The van der Waals surface area contributed by atoms with E-state index in [4.69, 9.17) is 4.74 Å². The number of thiazole rings is 1. The summed E-state index contributed by atoms with van der Waals surface area (Å²) in [5.74, 6) is -4.74. The Hall–Kier alpha value is -4.18. The molecule has 1 aromatic heterocycles. The molecule has 35 heavy (non-hydrogen) atoms. The van der Waals surface area contributed by atoms with Crippen molar-refractivity contribution in [3.63, 3.8) is 0 Å². The standard InChI is InChI=1S/C25H18F2N2O5S/c1-3-12-34-24(33)22-13(2)28-25(35-22)29-19(16-6-4-5-7-17(16)27)18(21(31)23(29)32)20(30)14-8-10-15(26)11-9-14/h3-11,19,30H,1,12H2,2H3/b20-18+. The summed E-state index contributed by atoms with van der Waals surface area (Å²) in [5.41, 5.74) is -0.157. The summed E-state index contributed by atoms with van der Waals surface area (Å²) in [7, 11) is 0. The fourth-order valence-corrected chi connectivity index (χ4v) is 4.65. The van der Waals surface area contributed by atoms with Gasteiger partial charge in [-0.2, -0.15) is 0 Å². The number of amides is 1. The van der Waals surface area contributed by atoms with Crippen molar-refractivity contribution in [1.82, 2.24) is 4.98 Å². The SMILES string of the molecule is C=CCOC(=O)c1sc(N2C(=O)C(=O)/C(=C(/O)c3ccc(F)cc3)C2c2ccccc2F)nc1C. The van der Waals surface area contributed by atoms with Gasteiger partial charge in [-0.1, -0.05) is 42.2 Å². The Kier molecular flexibility index (Phi) is 6.57. The van der Waals surface area contributed by atoms with E-state index >= 15 is 0 Å². The number of carbonyl (C=O) groups is 3. The molecule has 2 heterocycles. The van der Waals surface area contributed by atoms with Crippen LogP contribution >= 0.6 is 11.3 Å². The number of rotatable bonds is 6. The quantitative estimate of drug-likeness (QED) is 0.175. The summed E-state index contributed by atoms with van der Waals surface area (Å²) in [4.78, 5) is 43.9. The van der Waals surface area contributed by atoms with Crippen LogP contribution in [0.15, 0.2) is 66.8 Å². The predicted molar refractivity (Wildman–Crippen MR) is 125 cm³/mol. The van der Waals surface area contributed by atoms with E-state index in [9.17, 15) is 28.3 Å². The molecule has 1 N–H and O–H groups in total. The highest BCUT2D eigenvalue weighted by atomic mass is 32.1. The van der Waals surface area contributed by atoms with E-state index in [1.54, 1.807) is 0 Å². The normalized spacial score (nSPS) is 17.0. The number of benzene rings is 2. The zero-order valence-corrected chi connectivity index (χ0v) is 19.1. The van der Waals surface area contributed by atoms with Crippen molar-refractivity contribution in [2.24, 2.45) is 0 Å². The van der Waals surface area contributed by atoms with Crippen LogP contribution in [0.25, 0.3) is 5.76 Å². The Balaban J connectivity index is 1.90. The Bertz CT molecular complexity index is 1380. The number of aryl methyl sites for hydroxylation is 1. The lowest BCUT2D eigenvalue weighted by molar-refractivity contribution is -0.132. The molecule has 178 valence electrons. The second kappa shape index (κ2) is 9.59. The Morgan fingerprint density at radius 1 is 1.20 bits per heavy atom. The number of carbonyl (C=O) groups excluding carboxylic acids is 3. The van der Waals surface area contributed by atoms with Gasteiger partial charge in [0.15, 0.2) is 5.13 Å². The zero-order valence-electron chi connectivity index (χ0n) is 18.3. The van der Waals surface area contributed by atoms with Crippen LogP contribution in [0.5, 0.6) is 0 Å². The maximum absolute atomic E-state index is 14.9. The smallest absolute Gasteiger partial charge is 0.350 e. The molecule has 0 saturated carbocycles. The Morgan fingerprint density at radius 2 is 1.89 bits per heavy atom. The molecule has 1 amide bonds. The van der Waals surface area contributed by atoms with Crippen LogP contribution in [-0.2, 0) is 14.3 Å². The number of ketones is 1. The number of aliphatic hydroxyl groups excluding tert-OH is 1. The Morgan fingerprint density at radius 3 is 2.54 bits per heavy atom. The number of anilines is 1. The van der Waals surface area contributed by atoms with Crippen LogP contribution < -0.4 is 4.90 Å². The second-order valence-electron chi connectivity index (χ2n) is 7.50. The number of esters is 1. The van der Waals surface area contributed by atoms with Crippen LogP contribution in [0.2, 0.25) is 0 Å². The van der Waals surface area contributed by atoms with Crippen molar-refractivity contribution >= 4 is 39.9 Å². The molecule has 1 saturated heterocycles. The molecule has 0 bridgehead atoms. The molecule has 2 aromatic carbocycles. The summed E-state index contributed by atoms with van der Waals surface area (Å²) in [6.45, 7) is 4.96. The predicted octanol–water partition coefficient (Wildman–Crippen LogP) is 4.70. The zero-order chi connectivity index (χ0) is 25.3. The number of aromatic nitrogens is 1.